The van der Waals surface area contributed by atoms with Gasteiger partial charge in [-0.05, 0) is 11.6 Å². The molecular weight excluding hydrogens is 270 g/mol. The Labute approximate surface area is 93.5 Å². The zero-order valence-electron chi connectivity index (χ0n) is 7.54. The van der Waals surface area contributed by atoms with Crippen LogP contribution in [0.2, 0.25) is 0 Å². The Balaban J connectivity index is 3.41. The van der Waals surface area contributed by atoms with Crippen LogP contribution in [-0.4, -0.2) is 10.1 Å². The van der Waals surface area contributed by atoms with E-state index in [9.17, 15) is 8.78 Å². The summed E-state index contributed by atoms with van der Waals surface area (Å²) in [6, 6.07) is 3.12. The van der Waals surface area contributed by atoms with Crippen LogP contribution in [0.4, 0.5) is 8.78 Å². The molecule has 0 bridgehead atoms. The standard InChI is InChI=1S/C9H7BrF2N2O/c10-2-5-1-6(4-15)14-8(9(11)12)7(5)3-13/h1,9,15H,2,4H2. The Hall–Kier alpha value is -1.06. The summed E-state index contributed by atoms with van der Waals surface area (Å²) in [7, 11) is 0. The molecule has 1 aromatic rings. The van der Waals surface area contributed by atoms with Gasteiger partial charge < -0.3 is 5.11 Å². The Morgan fingerprint density at radius 2 is 2.27 bits per heavy atom. The van der Waals surface area contributed by atoms with Gasteiger partial charge in [0.25, 0.3) is 6.43 Å². The lowest BCUT2D eigenvalue weighted by atomic mass is 10.1. The number of hydrogen-bond donors (Lipinski definition) is 1. The van der Waals surface area contributed by atoms with Crippen molar-refractivity contribution in [2.24, 2.45) is 0 Å². The predicted molar refractivity (Wildman–Crippen MR) is 52.5 cm³/mol. The van der Waals surface area contributed by atoms with Gasteiger partial charge in [0.2, 0.25) is 0 Å². The Bertz CT molecular complexity index is 404. The lowest BCUT2D eigenvalue weighted by molar-refractivity contribution is 0.144. The van der Waals surface area contributed by atoms with E-state index in [0.717, 1.165) is 0 Å². The third-order valence-electron chi connectivity index (χ3n) is 1.81. The van der Waals surface area contributed by atoms with Gasteiger partial charge in [-0.25, -0.2) is 13.8 Å². The average Bonchev–Trinajstić information content (AvgIpc) is 2.26. The first-order valence-electron chi connectivity index (χ1n) is 4.01. The molecule has 0 spiro atoms. The third kappa shape index (κ3) is 2.49. The highest BCUT2D eigenvalue weighted by Crippen LogP contribution is 2.25. The summed E-state index contributed by atoms with van der Waals surface area (Å²) in [6.07, 6.45) is -2.82. The highest BCUT2D eigenvalue weighted by atomic mass is 79.9. The first-order chi connectivity index (χ1) is 7.13. The van der Waals surface area contributed by atoms with Crippen LogP contribution in [-0.2, 0) is 11.9 Å². The number of aromatic nitrogens is 1. The highest BCUT2D eigenvalue weighted by Gasteiger charge is 2.19. The normalized spacial score (nSPS) is 10.4. The van der Waals surface area contributed by atoms with Crippen LogP contribution in [0.15, 0.2) is 6.07 Å². The quantitative estimate of drug-likeness (QED) is 0.862. The molecule has 6 heteroatoms. The van der Waals surface area contributed by atoms with Crippen LogP contribution in [0, 0.1) is 11.3 Å². The number of aliphatic hydroxyl groups excluding tert-OH is 1. The molecule has 0 aromatic carbocycles. The Morgan fingerprint density at radius 3 is 2.67 bits per heavy atom. The molecule has 1 heterocycles. The van der Waals surface area contributed by atoms with Crippen molar-refractivity contribution in [2.45, 2.75) is 18.4 Å². The van der Waals surface area contributed by atoms with Crippen LogP contribution < -0.4 is 0 Å². The van der Waals surface area contributed by atoms with E-state index in [1.165, 1.54) is 6.07 Å². The van der Waals surface area contributed by atoms with Crippen LogP contribution in [0.1, 0.15) is 28.9 Å². The van der Waals surface area contributed by atoms with Crippen LogP contribution in [0.5, 0.6) is 0 Å². The molecule has 1 rings (SSSR count). The predicted octanol–water partition coefficient (Wildman–Crippen LogP) is 2.28. The second-order valence-electron chi connectivity index (χ2n) is 2.74. The summed E-state index contributed by atoms with van der Waals surface area (Å²) in [5.41, 5.74) is -0.150. The SMILES string of the molecule is N#Cc1c(CBr)cc(CO)nc1C(F)F. The van der Waals surface area contributed by atoms with Crippen LogP contribution >= 0.6 is 15.9 Å². The molecule has 0 aliphatic rings. The summed E-state index contributed by atoms with van der Waals surface area (Å²) in [4.78, 5) is 3.53. The highest BCUT2D eigenvalue weighted by molar-refractivity contribution is 9.08. The minimum Gasteiger partial charge on any atom is -0.390 e. The number of nitriles is 1. The van der Waals surface area contributed by atoms with E-state index in [-0.39, 0.29) is 16.6 Å². The molecule has 0 fully saturated rings. The molecule has 0 aliphatic carbocycles. The summed E-state index contributed by atoms with van der Waals surface area (Å²) in [5, 5.41) is 17.8. The number of hydrogen-bond acceptors (Lipinski definition) is 3. The van der Waals surface area contributed by atoms with Crippen LogP contribution in [0.25, 0.3) is 0 Å². The molecule has 0 saturated heterocycles. The van der Waals surface area contributed by atoms with Gasteiger partial charge in [0.1, 0.15) is 11.8 Å². The lowest BCUT2D eigenvalue weighted by Gasteiger charge is -2.08. The second kappa shape index (κ2) is 5.14. The fourth-order valence-electron chi connectivity index (χ4n) is 1.15. The summed E-state index contributed by atoms with van der Waals surface area (Å²) >= 11 is 3.09. The molecule has 0 amide bonds. The fourth-order valence-corrected chi connectivity index (χ4v) is 1.60. The van der Waals surface area contributed by atoms with Crippen molar-refractivity contribution >= 4 is 15.9 Å². The largest absolute Gasteiger partial charge is 0.390 e. The van der Waals surface area contributed by atoms with Gasteiger partial charge in [0, 0.05) is 5.33 Å². The van der Waals surface area contributed by atoms with Gasteiger partial charge >= 0.3 is 0 Å². The van der Waals surface area contributed by atoms with Gasteiger partial charge in [0.05, 0.1) is 17.9 Å². The molecule has 1 N–H and O–H groups in total. The van der Waals surface area contributed by atoms with Gasteiger partial charge in [-0.2, -0.15) is 5.26 Å². The maximum atomic E-state index is 12.5. The van der Waals surface area contributed by atoms with Crippen molar-refractivity contribution in [1.29, 1.82) is 5.26 Å². The zero-order chi connectivity index (χ0) is 11.4. The maximum absolute atomic E-state index is 12.5. The van der Waals surface area contributed by atoms with E-state index in [0.29, 0.717) is 5.56 Å². The van der Waals surface area contributed by atoms with Gasteiger partial charge in [-0.1, -0.05) is 15.9 Å². The summed E-state index contributed by atoms with van der Waals surface area (Å²) in [6.45, 7) is -0.425. The minimum absolute atomic E-state index is 0.126. The minimum atomic E-state index is -2.82. The van der Waals surface area contributed by atoms with Gasteiger partial charge in [-0.3, -0.25) is 0 Å². The lowest BCUT2D eigenvalue weighted by Crippen LogP contribution is -2.03. The molecule has 80 valence electrons. The van der Waals surface area contributed by atoms with Crippen molar-refractivity contribution in [3.05, 3.63) is 28.6 Å². The van der Waals surface area contributed by atoms with E-state index in [1.54, 1.807) is 6.07 Å². The number of pyridine rings is 1. The number of nitrogens with zero attached hydrogens (tertiary/aromatic N) is 2. The zero-order valence-corrected chi connectivity index (χ0v) is 9.13. The third-order valence-corrected chi connectivity index (χ3v) is 2.41. The monoisotopic (exact) mass is 276 g/mol. The topological polar surface area (TPSA) is 56.9 Å². The van der Waals surface area contributed by atoms with Crippen LogP contribution in [0.3, 0.4) is 0 Å². The molecular formula is C9H7BrF2N2O. The first kappa shape index (κ1) is 12.0. The molecule has 0 saturated carbocycles. The van der Waals surface area contributed by atoms with Crippen molar-refractivity contribution in [1.82, 2.24) is 4.98 Å². The van der Waals surface area contributed by atoms with Gasteiger partial charge in [0.15, 0.2) is 0 Å². The smallest absolute Gasteiger partial charge is 0.281 e. The first-order valence-corrected chi connectivity index (χ1v) is 5.14. The molecule has 15 heavy (non-hydrogen) atoms. The number of rotatable bonds is 3. The molecule has 1 aromatic heterocycles. The van der Waals surface area contributed by atoms with E-state index < -0.39 is 18.7 Å². The maximum Gasteiger partial charge on any atom is 0.281 e. The van der Waals surface area contributed by atoms with Crippen molar-refractivity contribution in [3.63, 3.8) is 0 Å². The van der Waals surface area contributed by atoms with E-state index in [4.69, 9.17) is 10.4 Å². The number of alkyl halides is 3. The van der Waals surface area contributed by atoms with Gasteiger partial charge in [-0.15, -0.1) is 0 Å². The van der Waals surface area contributed by atoms with E-state index >= 15 is 0 Å². The summed E-state index contributed by atoms with van der Waals surface area (Å²) < 4.78 is 25.1. The molecule has 0 atom stereocenters. The van der Waals surface area contributed by atoms with E-state index in [1.807, 2.05) is 0 Å². The summed E-state index contributed by atoms with van der Waals surface area (Å²) in [5.74, 6) is 0. The second-order valence-corrected chi connectivity index (χ2v) is 3.30. The molecule has 3 nitrogen and oxygen atoms in total. The number of aliphatic hydroxyl groups is 1. The Kier molecular flexibility index (Phi) is 4.12. The van der Waals surface area contributed by atoms with Crippen molar-refractivity contribution in [2.75, 3.05) is 0 Å². The average molecular weight is 277 g/mol. The van der Waals surface area contributed by atoms with Crippen molar-refractivity contribution in [3.8, 4) is 6.07 Å². The number of halogens is 3. The van der Waals surface area contributed by atoms with E-state index in [2.05, 4.69) is 20.9 Å². The molecule has 0 aliphatic heterocycles. The van der Waals surface area contributed by atoms with Crippen molar-refractivity contribution < 1.29 is 13.9 Å². The molecule has 0 radical (unpaired) electrons. The fraction of sp³-hybridized carbons (Fsp3) is 0.333. The Morgan fingerprint density at radius 1 is 1.60 bits per heavy atom. The molecule has 0 unspecified atom stereocenters.